The number of nitrogens with two attached hydrogens (primary N) is 1. The minimum atomic E-state index is -3.38. The van der Waals surface area contributed by atoms with E-state index in [1.807, 2.05) is 0 Å². The first-order chi connectivity index (χ1) is 6.86. The summed E-state index contributed by atoms with van der Waals surface area (Å²) in [6, 6.07) is 0. The van der Waals surface area contributed by atoms with Gasteiger partial charge in [0.2, 0.25) is 0 Å². The largest absolute Gasteiger partial charge is 0.388 e. The van der Waals surface area contributed by atoms with Crippen molar-refractivity contribution < 1.29 is 8.42 Å². The number of hydrogen-bond donors (Lipinski definition) is 2. The smallest absolute Gasteiger partial charge is 0.281 e. The monoisotopic (exact) mass is 236 g/mol. The molecule has 0 amide bonds. The second-order valence-corrected chi connectivity index (χ2v) is 5.22. The van der Waals surface area contributed by atoms with E-state index < -0.39 is 10.2 Å². The molecule has 0 atom stereocenters. The van der Waals surface area contributed by atoms with Crippen molar-refractivity contribution in [2.45, 2.75) is 20.3 Å². The first-order valence-corrected chi connectivity index (χ1v) is 6.30. The fourth-order valence-corrected chi connectivity index (χ4v) is 2.51. The number of nitrogens with one attached hydrogen (secondary N) is 1. The summed E-state index contributed by atoms with van der Waals surface area (Å²) in [4.78, 5) is 0. The third kappa shape index (κ3) is 4.15. The van der Waals surface area contributed by atoms with Crippen LogP contribution in [-0.2, 0) is 10.2 Å². The van der Waals surface area contributed by atoms with E-state index in [-0.39, 0.29) is 18.8 Å². The maximum absolute atomic E-state index is 11.8. The second kappa shape index (κ2) is 6.04. The molecular formula is C8H20N4O2S. The lowest BCUT2D eigenvalue weighted by molar-refractivity contribution is 0.381. The van der Waals surface area contributed by atoms with Crippen LogP contribution in [0.5, 0.6) is 0 Å². The van der Waals surface area contributed by atoms with Crippen molar-refractivity contribution in [1.82, 2.24) is 8.61 Å². The summed E-state index contributed by atoms with van der Waals surface area (Å²) in [5, 5.41) is 7.03. The molecule has 0 aromatic rings. The predicted molar refractivity (Wildman–Crippen MR) is 61.0 cm³/mol. The average molecular weight is 236 g/mol. The van der Waals surface area contributed by atoms with E-state index in [4.69, 9.17) is 11.1 Å². The zero-order valence-corrected chi connectivity index (χ0v) is 10.3. The van der Waals surface area contributed by atoms with Crippen molar-refractivity contribution in [3.05, 3.63) is 0 Å². The van der Waals surface area contributed by atoms with E-state index in [1.165, 1.54) is 15.7 Å². The number of rotatable bonds is 7. The van der Waals surface area contributed by atoms with Crippen LogP contribution < -0.4 is 5.73 Å². The zero-order chi connectivity index (χ0) is 12.1. The maximum Gasteiger partial charge on any atom is 0.281 e. The Kier molecular flexibility index (Phi) is 5.77. The first kappa shape index (κ1) is 14.3. The van der Waals surface area contributed by atoms with Gasteiger partial charge in [-0.15, -0.1) is 0 Å². The Morgan fingerprint density at radius 1 is 1.33 bits per heavy atom. The molecule has 0 saturated carbocycles. The summed E-state index contributed by atoms with van der Waals surface area (Å²) in [7, 11) is -1.89. The van der Waals surface area contributed by atoms with Crippen molar-refractivity contribution in [2.75, 3.05) is 26.7 Å². The molecule has 0 unspecified atom stereocenters. The van der Waals surface area contributed by atoms with Gasteiger partial charge in [-0.25, -0.2) is 0 Å². The molecule has 0 aliphatic rings. The minimum Gasteiger partial charge on any atom is -0.388 e. The van der Waals surface area contributed by atoms with Crippen molar-refractivity contribution in [1.29, 1.82) is 5.41 Å². The first-order valence-electron chi connectivity index (χ1n) is 4.90. The predicted octanol–water partition coefficient (Wildman–Crippen LogP) is -0.169. The normalized spacial score (nSPS) is 12.3. The lowest BCUT2D eigenvalue weighted by atomic mass is 10.4. The molecule has 3 N–H and O–H groups in total. The van der Waals surface area contributed by atoms with Gasteiger partial charge < -0.3 is 5.73 Å². The minimum absolute atomic E-state index is 0.00315. The maximum atomic E-state index is 11.8. The molecule has 0 aliphatic carbocycles. The van der Waals surface area contributed by atoms with E-state index in [9.17, 15) is 8.42 Å². The average Bonchev–Trinajstić information content (AvgIpc) is 2.15. The molecule has 0 bridgehead atoms. The quantitative estimate of drug-likeness (QED) is 0.475. The molecule has 0 aliphatic heterocycles. The van der Waals surface area contributed by atoms with E-state index in [2.05, 4.69) is 0 Å². The van der Waals surface area contributed by atoms with Gasteiger partial charge >= 0.3 is 0 Å². The number of amidine groups is 1. The van der Waals surface area contributed by atoms with Crippen molar-refractivity contribution >= 4 is 16.0 Å². The topological polar surface area (TPSA) is 90.5 Å². The van der Waals surface area contributed by atoms with Gasteiger partial charge in [0.15, 0.2) is 0 Å². The van der Waals surface area contributed by atoms with Gasteiger partial charge in [-0.2, -0.15) is 17.0 Å². The summed E-state index contributed by atoms with van der Waals surface area (Å²) in [5.74, 6) is -0.00315. The summed E-state index contributed by atoms with van der Waals surface area (Å²) >= 11 is 0. The fourth-order valence-electron chi connectivity index (χ4n) is 1.14. The Hall–Kier alpha value is -0.660. The molecule has 0 aromatic carbocycles. The molecule has 7 heteroatoms. The van der Waals surface area contributed by atoms with Crippen LogP contribution in [0.3, 0.4) is 0 Å². The molecule has 0 fully saturated rings. The van der Waals surface area contributed by atoms with Crippen LogP contribution in [0.25, 0.3) is 0 Å². The molecule has 0 aromatic heterocycles. The van der Waals surface area contributed by atoms with Gasteiger partial charge in [0.05, 0.1) is 5.84 Å². The molecular weight excluding hydrogens is 216 g/mol. The summed E-state index contributed by atoms with van der Waals surface area (Å²) < 4.78 is 26.3. The molecule has 0 spiro atoms. The standard InChI is InChI=1S/C8H20N4O2S/c1-4-12(5-2)15(13,14)11(3)7-6-8(9)10/h4-7H2,1-3H3,(H3,9,10). The van der Waals surface area contributed by atoms with Crippen molar-refractivity contribution in [3.8, 4) is 0 Å². The van der Waals surface area contributed by atoms with Gasteiger partial charge in [0.1, 0.15) is 0 Å². The highest BCUT2D eigenvalue weighted by molar-refractivity contribution is 7.86. The Morgan fingerprint density at radius 3 is 2.13 bits per heavy atom. The highest BCUT2D eigenvalue weighted by Gasteiger charge is 2.23. The van der Waals surface area contributed by atoms with Crippen molar-refractivity contribution in [3.63, 3.8) is 0 Å². The van der Waals surface area contributed by atoms with Crippen LogP contribution >= 0.6 is 0 Å². The Balaban J connectivity index is 4.50. The van der Waals surface area contributed by atoms with E-state index in [0.717, 1.165) is 0 Å². The SMILES string of the molecule is CCN(CC)S(=O)(=O)N(C)CCC(=N)N. The van der Waals surface area contributed by atoms with Gasteiger partial charge in [-0.1, -0.05) is 13.8 Å². The second-order valence-electron chi connectivity index (χ2n) is 3.19. The van der Waals surface area contributed by atoms with Crippen LogP contribution in [-0.4, -0.2) is 49.5 Å². The van der Waals surface area contributed by atoms with Gasteiger partial charge in [-0.3, -0.25) is 5.41 Å². The van der Waals surface area contributed by atoms with Gasteiger partial charge in [0.25, 0.3) is 10.2 Å². The zero-order valence-electron chi connectivity index (χ0n) is 9.52. The van der Waals surface area contributed by atoms with Crippen LogP contribution in [0.15, 0.2) is 0 Å². The Bertz CT molecular complexity index is 298. The Morgan fingerprint density at radius 2 is 1.80 bits per heavy atom. The summed E-state index contributed by atoms with van der Waals surface area (Å²) in [6.45, 7) is 4.72. The molecule has 0 rings (SSSR count). The lowest BCUT2D eigenvalue weighted by Crippen LogP contribution is -2.42. The van der Waals surface area contributed by atoms with Crippen LogP contribution in [0.1, 0.15) is 20.3 Å². The van der Waals surface area contributed by atoms with Gasteiger partial charge in [-0.05, 0) is 0 Å². The third-order valence-electron chi connectivity index (χ3n) is 2.12. The van der Waals surface area contributed by atoms with Crippen molar-refractivity contribution in [2.24, 2.45) is 5.73 Å². The highest BCUT2D eigenvalue weighted by Crippen LogP contribution is 2.05. The number of hydrogen-bond acceptors (Lipinski definition) is 3. The number of nitrogens with zero attached hydrogens (tertiary/aromatic N) is 2. The molecule has 0 heterocycles. The molecule has 6 nitrogen and oxygen atoms in total. The molecule has 0 radical (unpaired) electrons. The fraction of sp³-hybridized carbons (Fsp3) is 0.875. The molecule has 90 valence electrons. The van der Waals surface area contributed by atoms with Crippen LogP contribution in [0.4, 0.5) is 0 Å². The molecule has 0 saturated heterocycles. The lowest BCUT2D eigenvalue weighted by Gasteiger charge is -2.25. The Labute approximate surface area is 91.7 Å². The van der Waals surface area contributed by atoms with Crippen LogP contribution in [0, 0.1) is 5.41 Å². The van der Waals surface area contributed by atoms with Crippen LogP contribution in [0.2, 0.25) is 0 Å². The van der Waals surface area contributed by atoms with E-state index in [1.54, 1.807) is 13.8 Å². The van der Waals surface area contributed by atoms with E-state index in [0.29, 0.717) is 13.1 Å². The third-order valence-corrected chi connectivity index (χ3v) is 4.26. The molecule has 15 heavy (non-hydrogen) atoms. The van der Waals surface area contributed by atoms with Gasteiger partial charge in [0, 0.05) is 33.1 Å². The highest BCUT2D eigenvalue weighted by atomic mass is 32.2. The summed E-state index contributed by atoms with van der Waals surface area (Å²) in [5.41, 5.74) is 5.17. The summed E-state index contributed by atoms with van der Waals surface area (Å²) in [6.07, 6.45) is 0.261. The van der Waals surface area contributed by atoms with E-state index >= 15 is 0 Å².